The predicted octanol–water partition coefficient (Wildman–Crippen LogP) is 2.96. The highest BCUT2D eigenvalue weighted by molar-refractivity contribution is 7.17. The Bertz CT molecular complexity index is 710. The van der Waals surface area contributed by atoms with Crippen molar-refractivity contribution in [2.75, 3.05) is 13.1 Å². The summed E-state index contributed by atoms with van der Waals surface area (Å²) >= 11 is 7.29. The zero-order chi connectivity index (χ0) is 15.1. The second kappa shape index (κ2) is 5.66. The molecule has 0 unspecified atom stereocenters. The van der Waals surface area contributed by atoms with E-state index in [-0.39, 0.29) is 5.91 Å². The third kappa shape index (κ3) is 2.44. The molecule has 0 saturated carbocycles. The Morgan fingerprint density at radius 2 is 2.18 bits per heavy atom. The number of amides is 1. The van der Waals surface area contributed by atoms with E-state index >= 15 is 0 Å². The first kappa shape index (κ1) is 14.2. The molecule has 0 aromatic carbocycles. The third-order valence-corrected chi connectivity index (χ3v) is 5.71. The lowest BCUT2D eigenvalue weighted by Gasteiger charge is -2.32. The van der Waals surface area contributed by atoms with E-state index in [9.17, 15) is 4.79 Å². The van der Waals surface area contributed by atoms with Crippen molar-refractivity contribution in [2.24, 2.45) is 0 Å². The fourth-order valence-corrected chi connectivity index (χ4v) is 4.44. The van der Waals surface area contributed by atoms with Gasteiger partial charge in [0.2, 0.25) is 0 Å². The van der Waals surface area contributed by atoms with Crippen molar-refractivity contribution in [3.63, 3.8) is 0 Å². The number of likely N-dealkylation sites (tertiary alicyclic amines) is 1. The maximum Gasteiger partial charge on any atom is 0.263 e. The number of carbonyl (C=O) groups excluding carboxylic acids is 1. The van der Waals surface area contributed by atoms with E-state index in [0.29, 0.717) is 10.3 Å². The summed E-state index contributed by atoms with van der Waals surface area (Å²) in [5.41, 5.74) is 0. The second-order valence-corrected chi connectivity index (χ2v) is 7.64. The van der Waals surface area contributed by atoms with Crippen LogP contribution in [-0.4, -0.2) is 38.7 Å². The maximum atomic E-state index is 12.6. The van der Waals surface area contributed by atoms with E-state index < -0.39 is 0 Å². The summed E-state index contributed by atoms with van der Waals surface area (Å²) in [6, 6.07) is 3.60. The lowest BCUT2D eigenvalue weighted by atomic mass is 9.97. The first-order valence-corrected chi connectivity index (χ1v) is 8.88. The smallest absolute Gasteiger partial charge is 0.263 e. The van der Waals surface area contributed by atoms with E-state index in [0.717, 1.165) is 61.8 Å². The molecule has 116 valence electrons. The van der Waals surface area contributed by atoms with Crippen LogP contribution in [0.15, 0.2) is 12.1 Å². The van der Waals surface area contributed by atoms with E-state index in [1.54, 1.807) is 6.07 Å². The monoisotopic (exact) mass is 336 g/mol. The minimum atomic E-state index is 0.0859. The molecule has 0 radical (unpaired) electrons. The van der Waals surface area contributed by atoms with E-state index in [1.165, 1.54) is 11.3 Å². The van der Waals surface area contributed by atoms with Crippen LogP contribution in [0.25, 0.3) is 0 Å². The van der Waals surface area contributed by atoms with Gasteiger partial charge in [-0.3, -0.25) is 4.79 Å². The SMILES string of the molecule is O=C(c1ccc(Cl)s1)N1CCC[C@@H](c2nnc3n2CCC3)C1. The Kier molecular flexibility index (Phi) is 3.66. The summed E-state index contributed by atoms with van der Waals surface area (Å²) in [5, 5.41) is 8.69. The van der Waals surface area contributed by atoms with Gasteiger partial charge < -0.3 is 9.47 Å². The zero-order valence-corrected chi connectivity index (χ0v) is 13.7. The highest BCUT2D eigenvalue weighted by Gasteiger charge is 2.30. The molecule has 4 rings (SSSR count). The topological polar surface area (TPSA) is 51.0 Å². The van der Waals surface area contributed by atoms with Crippen LogP contribution in [0, 0.1) is 0 Å². The molecule has 2 aromatic rings. The Morgan fingerprint density at radius 1 is 1.27 bits per heavy atom. The zero-order valence-electron chi connectivity index (χ0n) is 12.2. The van der Waals surface area contributed by atoms with Gasteiger partial charge in [0, 0.05) is 32.0 Å². The van der Waals surface area contributed by atoms with Crippen LogP contribution in [-0.2, 0) is 13.0 Å². The molecule has 7 heteroatoms. The number of aromatic nitrogens is 3. The molecule has 0 N–H and O–H groups in total. The van der Waals surface area contributed by atoms with E-state index in [4.69, 9.17) is 11.6 Å². The van der Waals surface area contributed by atoms with Crippen LogP contribution in [0.1, 0.15) is 46.5 Å². The van der Waals surface area contributed by atoms with Crippen molar-refractivity contribution in [2.45, 2.75) is 38.1 Å². The van der Waals surface area contributed by atoms with Crippen LogP contribution >= 0.6 is 22.9 Å². The Morgan fingerprint density at radius 3 is 3.00 bits per heavy atom. The Labute approximate surface area is 137 Å². The summed E-state index contributed by atoms with van der Waals surface area (Å²) in [6.45, 7) is 2.56. The van der Waals surface area contributed by atoms with Gasteiger partial charge in [0.25, 0.3) is 5.91 Å². The minimum Gasteiger partial charge on any atom is -0.337 e. The Hall–Kier alpha value is -1.40. The molecule has 0 bridgehead atoms. The van der Waals surface area contributed by atoms with Crippen molar-refractivity contribution < 1.29 is 4.79 Å². The van der Waals surface area contributed by atoms with Gasteiger partial charge in [-0.05, 0) is 31.4 Å². The molecule has 1 atom stereocenters. The number of aryl methyl sites for hydroxylation is 1. The number of hydrogen-bond acceptors (Lipinski definition) is 4. The third-order valence-electron chi connectivity index (χ3n) is 4.50. The van der Waals surface area contributed by atoms with Crippen LogP contribution in [0.2, 0.25) is 4.34 Å². The van der Waals surface area contributed by atoms with Crippen LogP contribution in [0.4, 0.5) is 0 Å². The molecule has 22 heavy (non-hydrogen) atoms. The number of thiophene rings is 1. The number of piperidine rings is 1. The van der Waals surface area contributed by atoms with Gasteiger partial charge >= 0.3 is 0 Å². The molecular weight excluding hydrogens is 320 g/mol. The maximum absolute atomic E-state index is 12.6. The Balaban J connectivity index is 1.53. The lowest BCUT2D eigenvalue weighted by molar-refractivity contribution is 0.0708. The van der Waals surface area contributed by atoms with Gasteiger partial charge in [-0.15, -0.1) is 21.5 Å². The average molecular weight is 337 g/mol. The fraction of sp³-hybridized carbons (Fsp3) is 0.533. The molecule has 1 saturated heterocycles. The number of nitrogens with zero attached hydrogens (tertiary/aromatic N) is 4. The van der Waals surface area contributed by atoms with Gasteiger partial charge in [-0.2, -0.15) is 0 Å². The summed E-state index contributed by atoms with van der Waals surface area (Å²) in [6.07, 6.45) is 4.27. The molecule has 5 nitrogen and oxygen atoms in total. The van der Waals surface area contributed by atoms with Crippen LogP contribution < -0.4 is 0 Å². The molecule has 2 aliphatic heterocycles. The fourth-order valence-electron chi connectivity index (χ4n) is 3.43. The number of fused-ring (bicyclic) bond motifs is 1. The van der Waals surface area contributed by atoms with Crippen LogP contribution in [0.5, 0.6) is 0 Å². The van der Waals surface area contributed by atoms with Gasteiger partial charge in [-0.25, -0.2) is 0 Å². The molecular formula is C15H17ClN4OS. The highest BCUT2D eigenvalue weighted by atomic mass is 35.5. The van der Waals surface area contributed by atoms with Gasteiger partial charge in [0.1, 0.15) is 11.6 Å². The van der Waals surface area contributed by atoms with Gasteiger partial charge in [0.05, 0.1) is 9.21 Å². The number of halogens is 1. The molecule has 0 spiro atoms. The summed E-state index contributed by atoms with van der Waals surface area (Å²) in [5.74, 6) is 2.55. The first-order valence-electron chi connectivity index (χ1n) is 7.69. The minimum absolute atomic E-state index is 0.0859. The molecule has 4 heterocycles. The number of hydrogen-bond donors (Lipinski definition) is 0. The van der Waals surface area contributed by atoms with Crippen molar-refractivity contribution in [1.29, 1.82) is 0 Å². The number of carbonyl (C=O) groups is 1. The highest BCUT2D eigenvalue weighted by Crippen LogP contribution is 2.30. The molecule has 2 aliphatic rings. The standard InChI is InChI=1S/C15H17ClN4OS/c16-12-6-5-11(22-12)15(21)19-7-1-3-10(9-19)14-18-17-13-4-2-8-20(13)14/h5-6,10H,1-4,7-9H2/t10-/m1/s1. The largest absolute Gasteiger partial charge is 0.337 e. The second-order valence-electron chi connectivity index (χ2n) is 5.92. The van der Waals surface area contributed by atoms with Crippen LogP contribution in [0.3, 0.4) is 0 Å². The molecule has 2 aromatic heterocycles. The van der Waals surface area contributed by atoms with Gasteiger partial charge in [0.15, 0.2) is 0 Å². The van der Waals surface area contributed by atoms with E-state index in [2.05, 4.69) is 14.8 Å². The summed E-state index contributed by atoms with van der Waals surface area (Å²) < 4.78 is 2.91. The van der Waals surface area contributed by atoms with Crippen molar-refractivity contribution >= 4 is 28.8 Å². The summed E-state index contributed by atoms with van der Waals surface area (Å²) in [7, 11) is 0. The normalized spacial score (nSPS) is 21.1. The predicted molar refractivity (Wildman–Crippen MR) is 85.6 cm³/mol. The molecule has 1 amide bonds. The van der Waals surface area contributed by atoms with E-state index in [1.807, 2.05) is 11.0 Å². The van der Waals surface area contributed by atoms with Crippen molar-refractivity contribution in [3.8, 4) is 0 Å². The molecule has 1 fully saturated rings. The van der Waals surface area contributed by atoms with Gasteiger partial charge in [-0.1, -0.05) is 11.6 Å². The van der Waals surface area contributed by atoms with Crippen molar-refractivity contribution in [1.82, 2.24) is 19.7 Å². The number of rotatable bonds is 2. The lowest BCUT2D eigenvalue weighted by Crippen LogP contribution is -2.39. The molecule has 0 aliphatic carbocycles. The first-order chi connectivity index (χ1) is 10.7. The quantitative estimate of drug-likeness (QED) is 0.847. The van der Waals surface area contributed by atoms with Crippen molar-refractivity contribution in [3.05, 3.63) is 33.0 Å². The average Bonchev–Trinajstić information content (AvgIpc) is 3.22. The summed E-state index contributed by atoms with van der Waals surface area (Å²) in [4.78, 5) is 15.3.